The van der Waals surface area contributed by atoms with Gasteiger partial charge in [-0.3, -0.25) is 4.98 Å². The van der Waals surface area contributed by atoms with Gasteiger partial charge in [-0.15, -0.1) is 0 Å². The van der Waals surface area contributed by atoms with Gasteiger partial charge in [-0.05, 0) is 51.8 Å². The summed E-state index contributed by atoms with van der Waals surface area (Å²) in [4.78, 5) is 29.9. The van der Waals surface area contributed by atoms with Crippen molar-refractivity contribution in [2.75, 3.05) is 19.8 Å². The van der Waals surface area contributed by atoms with Crippen LogP contribution in [0.15, 0.2) is 24.3 Å². The van der Waals surface area contributed by atoms with E-state index < -0.39 is 11.9 Å². The monoisotopic (exact) mass is 413 g/mol. The number of carbonyl (C=O) groups is 2. The molecule has 162 valence electrons. The summed E-state index contributed by atoms with van der Waals surface area (Å²) < 4.78 is 16.3. The van der Waals surface area contributed by atoms with Crippen LogP contribution in [0.25, 0.3) is 11.1 Å². The van der Waals surface area contributed by atoms with Crippen LogP contribution in [0.4, 0.5) is 0 Å². The fraction of sp³-hybridized carbons (Fsp3) is 0.458. The van der Waals surface area contributed by atoms with Gasteiger partial charge in [0.25, 0.3) is 0 Å². The fourth-order valence-corrected chi connectivity index (χ4v) is 3.30. The first-order valence-electron chi connectivity index (χ1n) is 10.5. The van der Waals surface area contributed by atoms with Crippen molar-refractivity contribution in [1.82, 2.24) is 4.98 Å². The maximum Gasteiger partial charge on any atom is 0.340 e. The van der Waals surface area contributed by atoms with Gasteiger partial charge in [0.2, 0.25) is 0 Å². The first-order valence-corrected chi connectivity index (χ1v) is 10.5. The molecule has 0 aliphatic carbocycles. The van der Waals surface area contributed by atoms with E-state index in [4.69, 9.17) is 14.2 Å². The SMILES string of the molecule is CCCCCOc1ccc(-c2c(C(=O)OCC)c(C)nc(C)c2C(=O)OCC)cc1. The molecule has 2 rings (SSSR count). The Balaban J connectivity index is 2.54. The summed E-state index contributed by atoms with van der Waals surface area (Å²) >= 11 is 0. The number of rotatable bonds is 10. The Labute approximate surface area is 178 Å². The van der Waals surface area contributed by atoms with Crippen molar-refractivity contribution in [3.05, 3.63) is 46.8 Å². The highest BCUT2D eigenvalue weighted by Crippen LogP contribution is 2.33. The third kappa shape index (κ3) is 5.59. The molecule has 0 bridgehead atoms. The second-order valence-electron chi connectivity index (χ2n) is 6.93. The molecule has 0 radical (unpaired) electrons. The van der Waals surface area contributed by atoms with E-state index in [0.717, 1.165) is 25.0 Å². The topological polar surface area (TPSA) is 74.7 Å². The van der Waals surface area contributed by atoms with Crippen LogP contribution in [0.2, 0.25) is 0 Å². The number of aryl methyl sites for hydroxylation is 2. The predicted octanol–water partition coefficient (Wildman–Crippen LogP) is 5.29. The van der Waals surface area contributed by atoms with Crippen LogP contribution in [0.3, 0.4) is 0 Å². The zero-order chi connectivity index (χ0) is 22.1. The van der Waals surface area contributed by atoms with Crippen LogP contribution in [0.1, 0.15) is 72.1 Å². The molecule has 1 aromatic carbocycles. The lowest BCUT2D eigenvalue weighted by molar-refractivity contribution is 0.0525. The number of aromatic nitrogens is 1. The molecule has 0 saturated carbocycles. The van der Waals surface area contributed by atoms with E-state index in [9.17, 15) is 9.59 Å². The normalized spacial score (nSPS) is 10.6. The van der Waals surface area contributed by atoms with Gasteiger partial charge in [0.1, 0.15) is 5.75 Å². The van der Waals surface area contributed by atoms with Gasteiger partial charge in [-0.1, -0.05) is 31.9 Å². The summed E-state index contributed by atoms with van der Waals surface area (Å²) in [6, 6.07) is 7.37. The molecule has 30 heavy (non-hydrogen) atoms. The molecular weight excluding hydrogens is 382 g/mol. The van der Waals surface area contributed by atoms with Crippen molar-refractivity contribution < 1.29 is 23.8 Å². The van der Waals surface area contributed by atoms with Gasteiger partial charge in [0.15, 0.2) is 0 Å². The molecule has 0 unspecified atom stereocenters. The molecule has 1 heterocycles. The minimum Gasteiger partial charge on any atom is -0.494 e. The smallest absolute Gasteiger partial charge is 0.340 e. The van der Waals surface area contributed by atoms with Gasteiger partial charge in [0, 0.05) is 5.56 Å². The van der Waals surface area contributed by atoms with E-state index in [1.54, 1.807) is 27.7 Å². The third-order valence-electron chi connectivity index (χ3n) is 4.68. The lowest BCUT2D eigenvalue weighted by Crippen LogP contribution is -2.17. The zero-order valence-electron chi connectivity index (χ0n) is 18.5. The highest BCUT2D eigenvalue weighted by molar-refractivity contribution is 6.07. The van der Waals surface area contributed by atoms with E-state index in [1.165, 1.54) is 0 Å². The van der Waals surface area contributed by atoms with Crippen molar-refractivity contribution in [2.24, 2.45) is 0 Å². The van der Waals surface area contributed by atoms with Gasteiger partial charge in [0.05, 0.1) is 42.3 Å². The number of nitrogens with zero attached hydrogens (tertiary/aromatic N) is 1. The number of benzene rings is 1. The maximum atomic E-state index is 12.7. The van der Waals surface area contributed by atoms with E-state index in [0.29, 0.717) is 29.1 Å². The highest BCUT2D eigenvalue weighted by atomic mass is 16.5. The second kappa shape index (κ2) is 11.3. The molecular formula is C24H31NO5. The van der Waals surface area contributed by atoms with Crippen LogP contribution >= 0.6 is 0 Å². The van der Waals surface area contributed by atoms with E-state index >= 15 is 0 Å². The van der Waals surface area contributed by atoms with E-state index in [2.05, 4.69) is 11.9 Å². The summed E-state index contributed by atoms with van der Waals surface area (Å²) in [5.41, 5.74) is 2.76. The number of hydrogen-bond donors (Lipinski definition) is 0. The molecule has 6 heteroatoms. The van der Waals surface area contributed by atoms with E-state index in [-0.39, 0.29) is 24.3 Å². The molecule has 0 amide bonds. The Kier molecular flexibility index (Phi) is 8.84. The average Bonchev–Trinajstić information content (AvgIpc) is 2.71. The van der Waals surface area contributed by atoms with Gasteiger partial charge >= 0.3 is 11.9 Å². The Morgan fingerprint density at radius 3 is 1.83 bits per heavy atom. The molecule has 1 aromatic heterocycles. The summed E-state index contributed by atoms with van der Waals surface area (Å²) in [5, 5.41) is 0. The molecule has 6 nitrogen and oxygen atoms in total. The second-order valence-corrected chi connectivity index (χ2v) is 6.93. The average molecular weight is 414 g/mol. The standard InChI is InChI=1S/C24H31NO5/c1-6-9-10-15-30-19-13-11-18(12-14-19)22-20(23(26)28-7-2)16(4)25-17(5)21(22)24(27)29-8-3/h11-14H,6-10,15H2,1-5H3. The van der Waals surface area contributed by atoms with Gasteiger partial charge < -0.3 is 14.2 Å². The summed E-state index contributed by atoms with van der Waals surface area (Å²) in [6.45, 7) is 10.2. The molecule has 0 atom stereocenters. The van der Waals surface area contributed by atoms with Crippen molar-refractivity contribution in [3.63, 3.8) is 0 Å². The lowest BCUT2D eigenvalue weighted by Gasteiger charge is -2.18. The summed E-state index contributed by atoms with van der Waals surface area (Å²) in [7, 11) is 0. The number of pyridine rings is 1. The predicted molar refractivity (Wildman–Crippen MR) is 116 cm³/mol. The van der Waals surface area contributed by atoms with Crippen molar-refractivity contribution in [1.29, 1.82) is 0 Å². The molecule has 0 N–H and O–H groups in total. The molecule has 0 fully saturated rings. The van der Waals surface area contributed by atoms with Crippen LogP contribution in [0.5, 0.6) is 5.75 Å². The zero-order valence-corrected chi connectivity index (χ0v) is 18.5. The Hall–Kier alpha value is -2.89. The van der Waals surface area contributed by atoms with Crippen LogP contribution < -0.4 is 4.74 Å². The largest absolute Gasteiger partial charge is 0.494 e. The molecule has 0 saturated heterocycles. The molecule has 0 aliphatic rings. The molecule has 0 aliphatic heterocycles. The minimum atomic E-state index is -0.511. The number of hydrogen-bond acceptors (Lipinski definition) is 6. The minimum absolute atomic E-state index is 0.227. The fourth-order valence-electron chi connectivity index (χ4n) is 3.30. The van der Waals surface area contributed by atoms with Gasteiger partial charge in [-0.25, -0.2) is 9.59 Å². The Bertz CT molecular complexity index is 832. The van der Waals surface area contributed by atoms with Crippen molar-refractivity contribution in [2.45, 2.75) is 53.9 Å². The van der Waals surface area contributed by atoms with Crippen molar-refractivity contribution >= 4 is 11.9 Å². The van der Waals surface area contributed by atoms with E-state index in [1.807, 2.05) is 24.3 Å². The number of unbranched alkanes of at least 4 members (excludes halogenated alkanes) is 2. The van der Waals surface area contributed by atoms with Crippen LogP contribution in [-0.4, -0.2) is 36.7 Å². The lowest BCUT2D eigenvalue weighted by atomic mass is 9.92. The first-order chi connectivity index (χ1) is 14.4. The molecule has 2 aromatic rings. The summed E-state index contributed by atoms with van der Waals surface area (Å²) in [5.74, 6) is -0.279. The van der Waals surface area contributed by atoms with Crippen molar-refractivity contribution in [3.8, 4) is 16.9 Å². The summed E-state index contributed by atoms with van der Waals surface area (Å²) in [6.07, 6.45) is 3.26. The first kappa shape index (κ1) is 23.4. The van der Waals surface area contributed by atoms with Gasteiger partial charge in [-0.2, -0.15) is 0 Å². The number of carbonyl (C=O) groups excluding carboxylic acids is 2. The highest BCUT2D eigenvalue weighted by Gasteiger charge is 2.27. The maximum absolute atomic E-state index is 12.7. The van der Waals surface area contributed by atoms with Crippen LogP contribution in [0, 0.1) is 13.8 Å². The quantitative estimate of drug-likeness (QED) is 0.389. The number of esters is 2. The Morgan fingerprint density at radius 2 is 1.37 bits per heavy atom. The third-order valence-corrected chi connectivity index (χ3v) is 4.68. The van der Waals surface area contributed by atoms with Crippen LogP contribution in [-0.2, 0) is 9.47 Å². The molecule has 0 spiro atoms. The Morgan fingerprint density at radius 1 is 0.833 bits per heavy atom. The number of ether oxygens (including phenoxy) is 3.